The molecular weight excluding hydrogens is 1070 g/mol. The molecule has 1 aliphatic heterocycles. The number of hydrogen-bond donors (Lipinski definition) is 0. The maximum Gasteiger partial charge on any atom is 0.339 e. The number of aryl methyl sites for hydroxylation is 4. The van der Waals surface area contributed by atoms with E-state index >= 15 is 0 Å². The zero-order valence-electron chi connectivity index (χ0n) is 49.5. The van der Waals surface area contributed by atoms with Gasteiger partial charge in [0, 0.05) is 138 Å². The summed E-state index contributed by atoms with van der Waals surface area (Å²) in [7, 11) is 6.00. The van der Waals surface area contributed by atoms with E-state index in [9.17, 15) is 19.2 Å². The number of carbonyl (C=O) groups is 4. The number of aromatic nitrogens is 4. The molecule has 0 spiro atoms. The topological polar surface area (TPSA) is 174 Å². The summed E-state index contributed by atoms with van der Waals surface area (Å²) in [5.74, 6) is -1.59. The lowest BCUT2D eigenvalue weighted by Gasteiger charge is -2.17. The van der Waals surface area contributed by atoms with Crippen molar-refractivity contribution in [3.63, 3.8) is 0 Å². The third-order valence-corrected chi connectivity index (χ3v) is 14.7. The Bertz CT molecular complexity index is 4440. The van der Waals surface area contributed by atoms with Crippen molar-refractivity contribution in [2.75, 3.05) is 0 Å². The van der Waals surface area contributed by atoms with Gasteiger partial charge in [0.25, 0.3) is 0 Å². The zero-order valence-corrected chi connectivity index (χ0v) is 49.5. The van der Waals surface area contributed by atoms with Gasteiger partial charge < -0.3 is 37.6 Å². The Hall–Kier alpha value is -10.2. The van der Waals surface area contributed by atoms with Crippen LogP contribution in [0.4, 0.5) is 0 Å². The molecule has 7 aromatic carbocycles. The van der Waals surface area contributed by atoms with Gasteiger partial charge in [-0.2, -0.15) is 0 Å². The van der Waals surface area contributed by atoms with Gasteiger partial charge in [0.15, 0.2) is 0 Å². The van der Waals surface area contributed by atoms with Gasteiger partial charge in [-0.05, 0) is 86.9 Å². The van der Waals surface area contributed by atoms with Crippen LogP contribution in [0.5, 0.6) is 0 Å². The third kappa shape index (κ3) is 13.7. The summed E-state index contributed by atoms with van der Waals surface area (Å²) in [6.07, 6.45) is 9.70. The van der Waals surface area contributed by atoms with Gasteiger partial charge in [-0.25, -0.2) is 19.2 Å². The zero-order chi connectivity index (χ0) is 60.3. The molecular formula is C69H68N8O8. The van der Waals surface area contributed by atoms with Crippen molar-refractivity contribution in [1.82, 2.24) is 18.3 Å². The highest BCUT2D eigenvalue weighted by Crippen LogP contribution is 2.33. The molecule has 0 atom stereocenters. The number of para-hydroxylation sites is 2. The summed E-state index contributed by atoms with van der Waals surface area (Å²) in [6, 6.07) is 50.8. The van der Waals surface area contributed by atoms with Crippen molar-refractivity contribution in [3.05, 3.63) is 204 Å². The Morgan fingerprint density at radius 3 is 1.56 bits per heavy atom. The van der Waals surface area contributed by atoms with Crippen LogP contribution < -0.4 is 0 Å². The molecule has 12 rings (SSSR count). The van der Waals surface area contributed by atoms with E-state index in [0.717, 1.165) is 79.2 Å². The van der Waals surface area contributed by atoms with Crippen LogP contribution in [0.15, 0.2) is 191 Å². The first-order chi connectivity index (χ1) is 41.0. The molecule has 16 nitrogen and oxygen atoms in total. The number of oxime groups is 4. The minimum absolute atomic E-state index is 0.215. The standard InChI is InChI=1S/C19H18N2O2.2C17H16N2O2.C16H18N2O2/c1-14(17-13-21(2)18-11-7-6-10-16(17)18)20-23-19(22)12-15-8-4-3-5-9-15;1-11(18-21-12(2)20)15-10-19(3)16-9-8-13-6-4-5-7-14(13)17(15)16;1-11(18-21-12(2)20)16-10-19(3)17-14-7-5-4-6-13(14)8-9-15(16)17;1-11(17-20-12(2)19)16-13-7-3-4-8-14(13)18-10-6-5-9-15(16)18/h3-11,13H,12H2,1-2H3;2*4-10H,1-3H3;3-4,7-8H,5-6,9-10H2,1-2H3/b20-14+;2*18-11+;17-11+. The summed E-state index contributed by atoms with van der Waals surface area (Å²) in [5.41, 5.74) is 13.7. The minimum Gasteiger partial charge on any atom is -0.350 e. The number of fused-ring (bicyclic) bond motifs is 10. The molecule has 11 aromatic rings. The van der Waals surface area contributed by atoms with Crippen molar-refractivity contribution >= 4 is 112 Å². The van der Waals surface area contributed by atoms with Gasteiger partial charge in [0.05, 0.1) is 34.8 Å². The summed E-state index contributed by atoms with van der Waals surface area (Å²) < 4.78 is 8.56. The number of benzene rings is 7. The second kappa shape index (κ2) is 26.8. The highest BCUT2D eigenvalue weighted by Gasteiger charge is 2.22. The minimum atomic E-state index is -0.417. The summed E-state index contributed by atoms with van der Waals surface area (Å²) in [4.78, 5) is 64.0. The fraction of sp³-hybridized carbons (Fsp3) is 0.217. The smallest absolute Gasteiger partial charge is 0.339 e. The van der Waals surface area contributed by atoms with E-state index in [0.29, 0.717) is 17.1 Å². The molecule has 0 saturated carbocycles. The molecule has 4 aromatic heterocycles. The van der Waals surface area contributed by atoms with Crippen LogP contribution in [0.25, 0.3) is 65.2 Å². The largest absolute Gasteiger partial charge is 0.350 e. The predicted molar refractivity (Wildman–Crippen MR) is 339 cm³/mol. The Balaban J connectivity index is 0.000000136. The summed E-state index contributed by atoms with van der Waals surface area (Å²) >= 11 is 0. The first-order valence-corrected chi connectivity index (χ1v) is 28.0. The van der Waals surface area contributed by atoms with Crippen LogP contribution in [0.2, 0.25) is 0 Å². The second-order valence-electron chi connectivity index (χ2n) is 20.9. The van der Waals surface area contributed by atoms with Crippen molar-refractivity contribution in [2.24, 2.45) is 41.8 Å². The van der Waals surface area contributed by atoms with Crippen LogP contribution in [0.1, 0.15) is 94.8 Å². The lowest BCUT2D eigenvalue weighted by Crippen LogP contribution is -2.12. The van der Waals surface area contributed by atoms with E-state index < -0.39 is 11.9 Å². The van der Waals surface area contributed by atoms with E-state index in [2.05, 4.69) is 101 Å². The Morgan fingerprint density at radius 2 is 0.906 bits per heavy atom. The summed E-state index contributed by atoms with van der Waals surface area (Å²) in [6.45, 7) is 12.5. The predicted octanol–water partition coefficient (Wildman–Crippen LogP) is 14.2. The molecule has 85 heavy (non-hydrogen) atoms. The van der Waals surface area contributed by atoms with Gasteiger partial charge in [-0.1, -0.05) is 154 Å². The van der Waals surface area contributed by atoms with E-state index in [1.807, 2.05) is 157 Å². The molecule has 0 unspecified atom stereocenters. The molecule has 432 valence electrons. The van der Waals surface area contributed by atoms with Crippen molar-refractivity contribution in [2.45, 2.75) is 80.7 Å². The highest BCUT2D eigenvalue weighted by molar-refractivity contribution is 6.19. The molecule has 1 aliphatic rings. The second-order valence-corrected chi connectivity index (χ2v) is 20.9. The first-order valence-electron chi connectivity index (χ1n) is 28.0. The molecule has 0 aliphatic carbocycles. The molecule has 0 radical (unpaired) electrons. The normalized spacial score (nSPS) is 12.7. The van der Waals surface area contributed by atoms with Gasteiger partial charge in [0.2, 0.25) is 0 Å². The van der Waals surface area contributed by atoms with E-state index in [1.165, 1.54) is 71.8 Å². The average molecular weight is 1140 g/mol. The van der Waals surface area contributed by atoms with Gasteiger partial charge in [-0.3, -0.25) is 0 Å². The Labute approximate surface area is 492 Å². The third-order valence-electron chi connectivity index (χ3n) is 14.7. The fourth-order valence-electron chi connectivity index (χ4n) is 10.9. The molecule has 0 amide bonds. The Morgan fingerprint density at radius 1 is 0.424 bits per heavy atom. The van der Waals surface area contributed by atoms with Crippen molar-refractivity contribution < 1.29 is 38.5 Å². The van der Waals surface area contributed by atoms with E-state index in [4.69, 9.17) is 19.4 Å². The molecule has 16 heteroatoms. The summed E-state index contributed by atoms with van der Waals surface area (Å²) in [5, 5.41) is 25.1. The maximum atomic E-state index is 11.9. The SMILES string of the molecule is C/C(=N\OC(=O)Cc1ccccc1)c1cn(C)c2ccccc12.CC(=O)O/N=C(\C)c1c2n(c3ccccc13)CCCC2.CC(=O)O/N=C(\C)c1cn(C)c2c1ccc1ccccc12.CC(=O)O/N=C(\C)c1cn(C)c2ccc3ccccc3c12. The van der Waals surface area contributed by atoms with Crippen LogP contribution in [0.3, 0.4) is 0 Å². The van der Waals surface area contributed by atoms with Crippen molar-refractivity contribution in [1.29, 1.82) is 0 Å². The number of rotatable bonds is 10. The Kier molecular flexibility index (Phi) is 18.7. The van der Waals surface area contributed by atoms with E-state index in [1.54, 1.807) is 0 Å². The van der Waals surface area contributed by atoms with E-state index in [-0.39, 0.29) is 18.4 Å². The number of hydrogen-bond acceptors (Lipinski definition) is 12. The molecule has 5 heterocycles. The lowest BCUT2D eigenvalue weighted by atomic mass is 10.0. The first kappa shape index (κ1) is 59.4. The van der Waals surface area contributed by atoms with Crippen molar-refractivity contribution in [3.8, 4) is 0 Å². The highest BCUT2D eigenvalue weighted by atomic mass is 16.7. The van der Waals surface area contributed by atoms with Crippen LogP contribution in [0, 0.1) is 0 Å². The molecule has 0 bridgehead atoms. The van der Waals surface area contributed by atoms with Gasteiger partial charge >= 0.3 is 23.9 Å². The average Bonchev–Trinajstić information content (AvgIpc) is 2.35. The quantitative estimate of drug-likeness (QED) is 0.0738. The van der Waals surface area contributed by atoms with Gasteiger partial charge in [0.1, 0.15) is 0 Å². The molecule has 0 N–H and O–H groups in total. The lowest BCUT2D eigenvalue weighted by molar-refractivity contribution is -0.143. The molecule has 0 saturated heterocycles. The fourth-order valence-corrected chi connectivity index (χ4v) is 10.9. The number of carbonyl (C=O) groups excluding carboxylic acids is 4. The van der Waals surface area contributed by atoms with Gasteiger partial charge in [-0.15, -0.1) is 0 Å². The van der Waals surface area contributed by atoms with Crippen LogP contribution >= 0.6 is 0 Å². The van der Waals surface area contributed by atoms with Crippen LogP contribution in [-0.4, -0.2) is 65.0 Å². The maximum absolute atomic E-state index is 11.9. The number of nitrogens with zero attached hydrogens (tertiary/aromatic N) is 8. The monoisotopic (exact) mass is 1140 g/mol. The van der Waals surface area contributed by atoms with Crippen LogP contribution in [-0.2, 0) is 79.1 Å². The molecule has 0 fully saturated rings.